The van der Waals surface area contributed by atoms with E-state index < -0.39 is 28.0 Å². The molecule has 3 rings (SSSR count). The van der Waals surface area contributed by atoms with Crippen LogP contribution in [0.25, 0.3) is 0 Å². The van der Waals surface area contributed by atoms with Crippen molar-refractivity contribution in [3.05, 3.63) is 59.7 Å². The molecule has 1 N–H and O–H groups in total. The molecule has 1 aliphatic heterocycles. The molecule has 0 bridgehead atoms. The molecule has 0 radical (unpaired) electrons. The van der Waals surface area contributed by atoms with Crippen molar-refractivity contribution in [2.75, 3.05) is 20.2 Å². The molecular formula is C24H30N2O6S. The van der Waals surface area contributed by atoms with E-state index in [1.54, 1.807) is 0 Å². The topological polar surface area (TPSA) is 102 Å². The fourth-order valence-electron chi connectivity index (χ4n) is 3.64. The number of hydrogen-bond donors (Lipinski definition) is 1. The summed E-state index contributed by atoms with van der Waals surface area (Å²) in [6, 6.07) is 13.5. The fraction of sp³-hybridized carbons (Fsp3) is 0.417. The first kappa shape index (κ1) is 24.7. The van der Waals surface area contributed by atoms with Gasteiger partial charge in [-0.3, -0.25) is 4.79 Å². The van der Waals surface area contributed by atoms with Crippen molar-refractivity contribution in [2.45, 2.75) is 50.2 Å². The van der Waals surface area contributed by atoms with E-state index in [4.69, 9.17) is 9.47 Å². The van der Waals surface area contributed by atoms with Crippen molar-refractivity contribution in [2.24, 2.45) is 0 Å². The Morgan fingerprint density at radius 3 is 2.33 bits per heavy atom. The van der Waals surface area contributed by atoms with Gasteiger partial charge in [0.25, 0.3) is 5.91 Å². The van der Waals surface area contributed by atoms with Crippen molar-refractivity contribution in [1.29, 1.82) is 0 Å². The molecule has 1 heterocycles. The highest BCUT2D eigenvalue weighted by Crippen LogP contribution is 2.29. The van der Waals surface area contributed by atoms with E-state index in [1.807, 2.05) is 30.3 Å². The first-order chi connectivity index (χ1) is 15.8. The number of nitrogens with one attached hydrogen (secondary N) is 1. The van der Waals surface area contributed by atoms with Crippen LogP contribution in [0.2, 0.25) is 0 Å². The van der Waals surface area contributed by atoms with Gasteiger partial charge in [-0.05, 0) is 43.5 Å². The van der Waals surface area contributed by atoms with Gasteiger partial charge in [0.05, 0.1) is 12.7 Å². The lowest BCUT2D eigenvalue weighted by Crippen LogP contribution is -2.35. The predicted molar refractivity (Wildman–Crippen MR) is 123 cm³/mol. The van der Waals surface area contributed by atoms with E-state index in [1.165, 1.54) is 36.5 Å². The van der Waals surface area contributed by atoms with Gasteiger partial charge in [-0.15, -0.1) is 0 Å². The Bertz CT molecular complexity index is 1060. The second-order valence-electron chi connectivity index (χ2n) is 7.93. The van der Waals surface area contributed by atoms with E-state index in [-0.39, 0.29) is 16.2 Å². The summed E-state index contributed by atoms with van der Waals surface area (Å²) in [5.74, 6) is -1.07. The van der Waals surface area contributed by atoms with Gasteiger partial charge in [-0.1, -0.05) is 43.2 Å². The van der Waals surface area contributed by atoms with Crippen molar-refractivity contribution >= 4 is 21.9 Å². The first-order valence-corrected chi connectivity index (χ1v) is 12.5. The second kappa shape index (κ2) is 11.3. The molecule has 0 aliphatic carbocycles. The number of rotatable bonds is 8. The maximum atomic E-state index is 13.3. The van der Waals surface area contributed by atoms with Crippen LogP contribution in [0.4, 0.5) is 0 Å². The van der Waals surface area contributed by atoms with E-state index in [2.05, 4.69) is 5.32 Å². The van der Waals surface area contributed by atoms with Crippen LogP contribution in [0.15, 0.2) is 53.4 Å². The number of benzene rings is 2. The molecule has 2 aromatic rings. The number of ether oxygens (including phenoxy) is 2. The molecule has 9 heteroatoms. The summed E-state index contributed by atoms with van der Waals surface area (Å²) in [5.41, 5.74) is 0.954. The highest BCUT2D eigenvalue weighted by Gasteiger charge is 2.30. The third-order valence-corrected chi connectivity index (χ3v) is 7.46. The molecule has 0 unspecified atom stereocenters. The van der Waals surface area contributed by atoms with Crippen LogP contribution in [-0.2, 0) is 26.1 Å². The highest BCUT2D eigenvalue weighted by atomic mass is 32.2. The van der Waals surface area contributed by atoms with Crippen LogP contribution in [0.3, 0.4) is 0 Å². The maximum Gasteiger partial charge on any atom is 0.338 e. The molecule has 8 nitrogen and oxygen atoms in total. The molecule has 2 aromatic carbocycles. The molecular weight excluding hydrogens is 444 g/mol. The first-order valence-electron chi connectivity index (χ1n) is 11.0. The number of carbonyl (C=O) groups is 2. The number of esters is 1. The third-order valence-electron chi connectivity index (χ3n) is 5.54. The summed E-state index contributed by atoms with van der Waals surface area (Å²) in [5, 5.41) is 2.72. The van der Waals surface area contributed by atoms with Gasteiger partial charge in [0.2, 0.25) is 10.0 Å². The van der Waals surface area contributed by atoms with E-state index in [0.717, 1.165) is 31.2 Å². The lowest BCUT2D eigenvalue weighted by Gasteiger charge is -2.21. The zero-order chi connectivity index (χ0) is 23.8. The molecule has 0 aromatic heterocycles. The Morgan fingerprint density at radius 2 is 1.70 bits per heavy atom. The predicted octanol–water partition coefficient (Wildman–Crippen LogP) is 3.12. The smallest absolute Gasteiger partial charge is 0.338 e. The van der Waals surface area contributed by atoms with E-state index in [9.17, 15) is 18.0 Å². The number of methoxy groups -OCH3 is 1. The standard InChI is InChI=1S/C24H30N2O6S/c1-18(23(27)25-17-19-10-6-5-7-11-19)32-24(28)20-12-13-21(31-2)22(16-20)33(29,30)26-14-8-3-4-9-15-26/h5-7,10-13,16,18H,3-4,8-9,14-15,17H2,1-2H3,(H,25,27)/t18-/m1/s1. The number of carbonyl (C=O) groups excluding carboxylic acids is 2. The van der Waals surface area contributed by atoms with Gasteiger partial charge < -0.3 is 14.8 Å². The van der Waals surface area contributed by atoms with Crippen molar-refractivity contribution < 1.29 is 27.5 Å². The molecule has 1 amide bonds. The Hall–Kier alpha value is -2.91. The summed E-state index contributed by atoms with van der Waals surface area (Å²) >= 11 is 0. The SMILES string of the molecule is COc1ccc(C(=O)O[C@H](C)C(=O)NCc2ccccc2)cc1S(=O)(=O)N1CCCCCC1. The zero-order valence-corrected chi connectivity index (χ0v) is 19.8. The Labute approximate surface area is 194 Å². The number of amides is 1. The normalized spacial score (nSPS) is 15.8. The minimum Gasteiger partial charge on any atom is -0.495 e. The van der Waals surface area contributed by atoms with E-state index in [0.29, 0.717) is 19.6 Å². The lowest BCUT2D eigenvalue weighted by molar-refractivity contribution is -0.129. The fourth-order valence-corrected chi connectivity index (χ4v) is 5.34. The van der Waals surface area contributed by atoms with Crippen LogP contribution < -0.4 is 10.1 Å². The van der Waals surface area contributed by atoms with Crippen LogP contribution >= 0.6 is 0 Å². The lowest BCUT2D eigenvalue weighted by atomic mass is 10.2. The van der Waals surface area contributed by atoms with Gasteiger partial charge >= 0.3 is 5.97 Å². The van der Waals surface area contributed by atoms with E-state index >= 15 is 0 Å². The van der Waals surface area contributed by atoms with Gasteiger partial charge in [0, 0.05) is 19.6 Å². The third kappa shape index (κ3) is 6.33. The average molecular weight is 475 g/mol. The summed E-state index contributed by atoms with van der Waals surface area (Å²) in [7, 11) is -2.46. The van der Waals surface area contributed by atoms with Crippen molar-refractivity contribution in [1.82, 2.24) is 9.62 Å². The second-order valence-corrected chi connectivity index (χ2v) is 9.84. The largest absolute Gasteiger partial charge is 0.495 e. The molecule has 0 spiro atoms. The Kier molecular flexibility index (Phi) is 8.46. The number of hydrogen-bond acceptors (Lipinski definition) is 6. The minimum absolute atomic E-state index is 0.0342. The molecule has 1 aliphatic rings. The molecule has 1 saturated heterocycles. The Balaban J connectivity index is 1.72. The van der Waals surface area contributed by atoms with Crippen molar-refractivity contribution in [3.8, 4) is 5.75 Å². The number of sulfonamides is 1. The minimum atomic E-state index is -3.85. The summed E-state index contributed by atoms with van der Waals surface area (Å²) < 4.78 is 38.5. The van der Waals surface area contributed by atoms with Crippen LogP contribution in [-0.4, -0.2) is 50.9 Å². The zero-order valence-electron chi connectivity index (χ0n) is 19.0. The van der Waals surface area contributed by atoms with Gasteiger partial charge in [0.15, 0.2) is 6.10 Å². The highest BCUT2D eigenvalue weighted by molar-refractivity contribution is 7.89. The molecule has 1 fully saturated rings. The van der Waals surface area contributed by atoms with Crippen LogP contribution in [0.5, 0.6) is 5.75 Å². The van der Waals surface area contributed by atoms with Gasteiger partial charge in [-0.25, -0.2) is 13.2 Å². The average Bonchev–Trinajstić information content (AvgIpc) is 3.13. The molecule has 0 saturated carbocycles. The Morgan fingerprint density at radius 1 is 1.03 bits per heavy atom. The summed E-state index contributed by atoms with van der Waals surface area (Å²) in [6.45, 7) is 2.64. The number of nitrogens with zero attached hydrogens (tertiary/aromatic N) is 1. The van der Waals surface area contributed by atoms with Crippen LogP contribution in [0.1, 0.15) is 48.5 Å². The quantitative estimate of drug-likeness (QED) is 0.590. The van der Waals surface area contributed by atoms with Crippen LogP contribution in [0, 0.1) is 0 Å². The molecule has 33 heavy (non-hydrogen) atoms. The van der Waals surface area contributed by atoms with Gasteiger partial charge in [0.1, 0.15) is 10.6 Å². The molecule has 1 atom stereocenters. The maximum absolute atomic E-state index is 13.3. The summed E-state index contributed by atoms with van der Waals surface area (Å²) in [6.07, 6.45) is 2.51. The van der Waals surface area contributed by atoms with Gasteiger partial charge in [-0.2, -0.15) is 4.31 Å². The van der Waals surface area contributed by atoms with Crippen molar-refractivity contribution in [3.63, 3.8) is 0 Å². The molecule has 178 valence electrons. The monoisotopic (exact) mass is 474 g/mol. The summed E-state index contributed by atoms with van der Waals surface area (Å²) in [4.78, 5) is 24.9.